The van der Waals surface area contributed by atoms with Gasteiger partial charge in [-0.3, -0.25) is 9.36 Å². The van der Waals surface area contributed by atoms with Crippen molar-refractivity contribution >= 4 is 40.7 Å². The van der Waals surface area contributed by atoms with Gasteiger partial charge in [-0.1, -0.05) is 35.1 Å². The van der Waals surface area contributed by atoms with Gasteiger partial charge in [0, 0.05) is 29.4 Å². The molecule has 0 amide bonds. The van der Waals surface area contributed by atoms with E-state index < -0.39 is 12.0 Å². The van der Waals surface area contributed by atoms with E-state index in [0.717, 1.165) is 24.3 Å². The summed E-state index contributed by atoms with van der Waals surface area (Å²) in [5, 5.41) is 0.458. The smallest absolute Gasteiger partial charge is 0.338 e. The fourth-order valence-electron chi connectivity index (χ4n) is 4.83. The number of benzene rings is 2. The molecule has 1 saturated heterocycles. The monoisotopic (exact) mass is 567 g/mol. The Labute approximate surface area is 235 Å². The Morgan fingerprint density at radius 1 is 1.18 bits per heavy atom. The van der Waals surface area contributed by atoms with E-state index in [2.05, 4.69) is 22.0 Å². The van der Waals surface area contributed by atoms with Gasteiger partial charge in [-0.05, 0) is 62.7 Å². The number of nitrogens with zero attached hydrogens (tertiary/aromatic N) is 3. The van der Waals surface area contributed by atoms with Crippen LogP contribution >= 0.6 is 22.9 Å². The highest BCUT2D eigenvalue weighted by Gasteiger charge is 2.35. The highest BCUT2D eigenvalue weighted by Crippen LogP contribution is 2.37. The lowest BCUT2D eigenvalue weighted by atomic mass is 9.95. The Balaban J connectivity index is 1.63. The Bertz CT molecular complexity index is 1600. The molecule has 2 aliphatic heterocycles. The first-order chi connectivity index (χ1) is 18.8. The minimum Gasteiger partial charge on any atom is -0.496 e. The lowest BCUT2D eigenvalue weighted by Crippen LogP contribution is -2.40. The van der Waals surface area contributed by atoms with Crippen molar-refractivity contribution in [2.24, 2.45) is 4.99 Å². The molecule has 3 heterocycles. The molecule has 1 aromatic heterocycles. The van der Waals surface area contributed by atoms with Crippen LogP contribution < -0.4 is 24.5 Å². The number of aromatic nitrogens is 1. The molecule has 2 aliphatic rings. The number of allylic oxidation sites excluding steroid dienone is 1. The van der Waals surface area contributed by atoms with Crippen LogP contribution in [-0.4, -0.2) is 50.1 Å². The maximum atomic E-state index is 13.9. The third-order valence-electron chi connectivity index (χ3n) is 6.64. The van der Waals surface area contributed by atoms with Crippen molar-refractivity contribution in [3.8, 4) is 5.75 Å². The summed E-state index contributed by atoms with van der Waals surface area (Å²) in [6.07, 6.45) is 1.51. The van der Waals surface area contributed by atoms with Crippen LogP contribution in [0.5, 0.6) is 5.75 Å². The zero-order valence-electron chi connectivity index (χ0n) is 22.3. The molecular formula is C29H30ClN3O5S. The fraction of sp³-hybridized carbons (Fsp3) is 0.345. The summed E-state index contributed by atoms with van der Waals surface area (Å²) in [5.74, 6) is -0.0338. The SMILES string of the molecule is COc1ccc(Cl)cc1[C@H]1C(C(=O)OC(C)C)=C(C)N=c2s/c(=C\c3ccc(N4CCOCC4)cc3)c(=O)n21. The lowest BCUT2D eigenvalue weighted by Gasteiger charge is -2.28. The van der Waals surface area contributed by atoms with Crippen LogP contribution in [0.1, 0.15) is 37.9 Å². The summed E-state index contributed by atoms with van der Waals surface area (Å²) < 4.78 is 18.7. The van der Waals surface area contributed by atoms with Gasteiger partial charge in [0.15, 0.2) is 4.80 Å². The molecule has 5 rings (SSSR count). The molecular weight excluding hydrogens is 538 g/mol. The molecule has 39 heavy (non-hydrogen) atoms. The number of esters is 1. The van der Waals surface area contributed by atoms with Crippen molar-refractivity contribution in [1.82, 2.24) is 4.57 Å². The van der Waals surface area contributed by atoms with Crippen molar-refractivity contribution in [1.29, 1.82) is 0 Å². The van der Waals surface area contributed by atoms with Gasteiger partial charge in [0.25, 0.3) is 5.56 Å². The van der Waals surface area contributed by atoms with E-state index in [1.165, 1.54) is 15.9 Å². The minimum absolute atomic E-state index is 0.259. The Morgan fingerprint density at radius 2 is 1.90 bits per heavy atom. The zero-order chi connectivity index (χ0) is 27.7. The predicted octanol–water partition coefficient (Wildman–Crippen LogP) is 3.69. The van der Waals surface area contributed by atoms with Crippen molar-refractivity contribution in [2.45, 2.75) is 32.9 Å². The predicted molar refractivity (Wildman–Crippen MR) is 152 cm³/mol. The van der Waals surface area contributed by atoms with Gasteiger partial charge < -0.3 is 19.1 Å². The van der Waals surface area contributed by atoms with E-state index in [1.54, 1.807) is 46.1 Å². The second-order valence-electron chi connectivity index (χ2n) is 9.61. The van der Waals surface area contributed by atoms with Crippen LogP contribution in [0, 0.1) is 0 Å². The Hall–Kier alpha value is -3.40. The number of methoxy groups -OCH3 is 1. The average molecular weight is 568 g/mol. The van der Waals surface area contributed by atoms with Crippen LogP contribution in [0.2, 0.25) is 5.02 Å². The number of anilines is 1. The van der Waals surface area contributed by atoms with Gasteiger partial charge in [0.2, 0.25) is 0 Å². The molecule has 0 bridgehead atoms. The van der Waals surface area contributed by atoms with Crippen LogP contribution in [-0.2, 0) is 14.3 Å². The number of ether oxygens (including phenoxy) is 3. The minimum atomic E-state index is -0.813. The summed E-state index contributed by atoms with van der Waals surface area (Å²) in [6.45, 7) is 8.45. The first-order valence-corrected chi connectivity index (χ1v) is 14.0. The van der Waals surface area contributed by atoms with Crippen molar-refractivity contribution in [2.75, 3.05) is 38.3 Å². The van der Waals surface area contributed by atoms with E-state index in [0.29, 0.717) is 44.6 Å². The van der Waals surface area contributed by atoms with Gasteiger partial charge in [-0.25, -0.2) is 9.79 Å². The first kappa shape index (κ1) is 27.2. The normalized spacial score (nSPS) is 17.7. The van der Waals surface area contributed by atoms with E-state index in [4.69, 9.17) is 25.8 Å². The number of fused-ring (bicyclic) bond motifs is 1. The highest BCUT2D eigenvalue weighted by atomic mass is 35.5. The van der Waals surface area contributed by atoms with E-state index in [-0.39, 0.29) is 17.2 Å². The summed E-state index contributed by atoms with van der Waals surface area (Å²) in [5.41, 5.74) is 3.09. The van der Waals surface area contributed by atoms with E-state index >= 15 is 0 Å². The average Bonchev–Trinajstić information content (AvgIpc) is 3.22. The summed E-state index contributed by atoms with van der Waals surface area (Å²) in [7, 11) is 1.54. The molecule has 10 heteroatoms. The molecule has 8 nitrogen and oxygen atoms in total. The van der Waals surface area contributed by atoms with Gasteiger partial charge in [0.1, 0.15) is 11.8 Å². The number of halogens is 1. The third kappa shape index (κ3) is 5.52. The van der Waals surface area contributed by atoms with E-state index in [9.17, 15) is 9.59 Å². The number of hydrogen-bond donors (Lipinski definition) is 0. The van der Waals surface area contributed by atoms with Crippen LogP contribution in [0.4, 0.5) is 5.69 Å². The molecule has 0 aliphatic carbocycles. The lowest BCUT2D eigenvalue weighted by molar-refractivity contribution is -0.143. The zero-order valence-corrected chi connectivity index (χ0v) is 23.8. The molecule has 0 radical (unpaired) electrons. The van der Waals surface area contributed by atoms with Crippen LogP contribution in [0.3, 0.4) is 0 Å². The van der Waals surface area contributed by atoms with Gasteiger partial charge in [-0.15, -0.1) is 0 Å². The molecule has 2 aromatic carbocycles. The number of rotatable bonds is 6. The quantitative estimate of drug-likeness (QED) is 0.423. The number of thiazole rings is 1. The third-order valence-corrected chi connectivity index (χ3v) is 7.86. The van der Waals surface area contributed by atoms with E-state index in [1.807, 2.05) is 18.2 Å². The molecule has 0 N–H and O–H groups in total. The topological polar surface area (TPSA) is 82.4 Å². The second-order valence-corrected chi connectivity index (χ2v) is 11.1. The van der Waals surface area contributed by atoms with Gasteiger partial charge >= 0.3 is 5.97 Å². The maximum absolute atomic E-state index is 13.9. The molecule has 0 spiro atoms. The van der Waals surface area contributed by atoms with Gasteiger partial charge in [-0.2, -0.15) is 0 Å². The van der Waals surface area contributed by atoms with Crippen molar-refractivity contribution in [3.05, 3.63) is 89.6 Å². The number of hydrogen-bond acceptors (Lipinski definition) is 8. The standard InChI is InChI=1S/C29H30ClN3O5S/c1-17(2)38-28(35)25-18(3)31-29-33(26(25)22-16-20(30)7-10-23(22)36-4)27(34)24(39-29)15-19-5-8-21(9-6-19)32-11-13-37-14-12-32/h5-10,15-17,26H,11-14H2,1-4H3/b24-15-/t26-/m0/s1. The summed E-state index contributed by atoms with van der Waals surface area (Å²) in [6, 6.07) is 12.4. The molecule has 1 fully saturated rings. The van der Waals surface area contributed by atoms with Crippen LogP contribution in [0.25, 0.3) is 6.08 Å². The maximum Gasteiger partial charge on any atom is 0.338 e. The fourth-order valence-corrected chi connectivity index (χ4v) is 6.05. The van der Waals surface area contributed by atoms with Crippen LogP contribution in [0.15, 0.2) is 63.5 Å². The molecule has 1 atom stereocenters. The summed E-state index contributed by atoms with van der Waals surface area (Å²) >= 11 is 7.65. The molecule has 0 saturated carbocycles. The highest BCUT2D eigenvalue weighted by molar-refractivity contribution is 7.07. The van der Waals surface area contributed by atoms with Gasteiger partial charge in [0.05, 0.1) is 42.2 Å². The van der Waals surface area contributed by atoms with Crippen molar-refractivity contribution < 1.29 is 19.0 Å². The second kappa shape index (κ2) is 11.4. The summed E-state index contributed by atoms with van der Waals surface area (Å²) in [4.78, 5) is 34.7. The molecule has 0 unspecified atom stereocenters. The number of morpholine rings is 1. The Morgan fingerprint density at radius 3 is 2.56 bits per heavy atom. The Kier molecular flexibility index (Phi) is 7.93. The first-order valence-electron chi connectivity index (χ1n) is 12.8. The largest absolute Gasteiger partial charge is 0.496 e. The molecule has 3 aromatic rings. The number of carbonyl (C=O) groups excluding carboxylic acids is 1. The number of carbonyl (C=O) groups is 1. The molecule has 204 valence electrons. The van der Waals surface area contributed by atoms with Crippen molar-refractivity contribution in [3.63, 3.8) is 0 Å².